The molecule has 1 atom stereocenters. The summed E-state index contributed by atoms with van der Waals surface area (Å²) in [5.41, 5.74) is 0.416. The predicted octanol–water partition coefficient (Wildman–Crippen LogP) is 2.06. The predicted molar refractivity (Wildman–Crippen MR) is 95.8 cm³/mol. The van der Waals surface area contributed by atoms with E-state index in [1.54, 1.807) is 25.1 Å². The summed E-state index contributed by atoms with van der Waals surface area (Å²) < 4.78 is 0. The van der Waals surface area contributed by atoms with E-state index < -0.39 is 17.5 Å². The van der Waals surface area contributed by atoms with Crippen LogP contribution in [0.2, 0.25) is 5.02 Å². The lowest BCUT2D eigenvalue weighted by atomic mass is 9.96. The van der Waals surface area contributed by atoms with E-state index in [0.29, 0.717) is 10.7 Å². The number of carbonyl (C=O) groups excluding carboxylic acids is 3. The molecule has 1 aliphatic heterocycles. The van der Waals surface area contributed by atoms with Crippen molar-refractivity contribution < 1.29 is 14.4 Å². The molecule has 2 fully saturated rings. The zero-order valence-electron chi connectivity index (χ0n) is 14.4. The van der Waals surface area contributed by atoms with Crippen molar-refractivity contribution in [2.24, 2.45) is 5.92 Å². The Kier molecular flexibility index (Phi) is 4.36. The van der Waals surface area contributed by atoms with Crippen LogP contribution in [-0.4, -0.2) is 48.9 Å². The fraction of sp³-hybridized carbons (Fsp3) is 0.471. The van der Waals surface area contributed by atoms with Crippen molar-refractivity contribution in [2.45, 2.75) is 25.3 Å². The summed E-state index contributed by atoms with van der Waals surface area (Å²) in [6, 6.07) is 4.63. The number of carbonyl (C=O) groups is 3. The largest absolute Gasteiger partial charge is 0.376 e. The fourth-order valence-corrected chi connectivity index (χ4v) is 3.30. The number of imide groups is 1. The van der Waals surface area contributed by atoms with Gasteiger partial charge in [-0.25, -0.2) is 4.79 Å². The Labute approximate surface area is 151 Å². The van der Waals surface area contributed by atoms with E-state index in [4.69, 9.17) is 11.6 Å². The highest BCUT2D eigenvalue weighted by Gasteiger charge is 2.56. The van der Waals surface area contributed by atoms with Crippen LogP contribution in [0, 0.1) is 5.92 Å². The number of urea groups is 1. The van der Waals surface area contributed by atoms with Crippen molar-refractivity contribution in [3.63, 3.8) is 0 Å². The second kappa shape index (κ2) is 6.22. The van der Waals surface area contributed by atoms with Gasteiger partial charge in [0.25, 0.3) is 5.91 Å². The Morgan fingerprint density at radius 1 is 1.40 bits per heavy atom. The summed E-state index contributed by atoms with van der Waals surface area (Å²) in [6.07, 6.45) is 1.83. The molecule has 7 nitrogen and oxygen atoms in total. The van der Waals surface area contributed by atoms with Gasteiger partial charge in [-0.15, -0.1) is 0 Å². The SMILES string of the molecule is CN(C)c1ccc(Cl)cc1NC(=O)CN1C(=O)NC(C)(C2CC2)C1=O. The molecule has 0 spiro atoms. The third kappa shape index (κ3) is 3.28. The van der Waals surface area contributed by atoms with E-state index >= 15 is 0 Å². The van der Waals surface area contributed by atoms with E-state index in [0.717, 1.165) is 23.4 Å². The lowest BCUT2D eigenvalue weighted by molar-refractivity contribution is -0.134. The molecule has 8 heteroatoms. The van der Waals surface area contributed by atoms with Crippen molar-refractivity contribution in [3.05, 3.63) is 23.2 Å². The normalized spacial score (nSPS) is 22.8. The maximum Gasteiger partial charge on any atom is 0.325 e. The molecule has 25 heavy (non-hydrogen) atoms. The minimum Gasteiger partial charge on any atom is -0.376 e. The van der Waals surface area contributed by atoms with Crippen LogP contribution < -0.4 is 15.5 Å². The molecule has 1 saturated heterocycles. The minimum absolute atomic E-state index is 0.158. The molecule has 134 valence electrons. The van der Waals surface area contributed by atoms with Crippen molar-refractivity contribution >= 4 is 40.8 Å². The number of nitrogens with zero attached hydrogens (tertiary/aromatic N) is 2. The maximum absolute atomic E-state index is 12.6. The van der Waals surface area contributed by atoms with Gasteiger partial charge in [0, 0.05) is 19.1 Å². The van der Waals surface area contributed by atoms with Crippen LogP contribution >= 0.6 is 11.6 Å². The maximum atomic E-state index is 12.6. The number of amides is 4. The molecule has 1 heterocycles. The molecule has 2 aliphatic rings. The third-order valence-corrected chi connectivity index (χ3v) is 4.95. The van der Waals surface area contributed by atoms with Gasteiger partial charge in [0.05, 0.1) is 11.4 Å². The summed E-state index contributed by atoms with van der Waals surface area (Å²) in [5.74, 6) is -0.631. The highest BCUT2D eigenvalue weighted by atomic mass is 35.5. The van der Waals surface area contributed by atoms with Crippen molar-refractivity contribution in [1.29, 1.82) is 0 Å². The van der Waals surface area contributed by atoms with Gasteiger partial charge in [-0.05, 0) is 43.9 Å². The minimum atomic E-state index is -0.887. The van der Waals surface area contributed by atoms with Crippen LogP contribution in [0.15, 0.2) is 18.2 Å². The fourth-order valence-electron chi connectivity index (χ4n) is 3.13. The van der Waals surface area contributed by atoms with Crippen LogP contribution in [0.1, 0.15) is 19.8 Å². The van der Waals surface area contributed by atoms with Gasteiger partial charge in [0.2, 0.25) is 5.91 Å². The Morgan fingerprint density at radius 3 is 2.68 bits per heavy atom. The molecule has 1 aromatic carbocycles. The molecule has 1 unspecified atom stereocenters. The number of rotatable bonds is 5. The quantitative estimate of drug-likeness (QED) is 0.783. The highest BCUT2D eigenvalue weighted by molar-refractivity contribution is 6.31. The molecule has 1 aromatic rings. The highest BCUT2D eigenvalue weighted by Crippen LogP contribution is 2.42. The number of hydrogen-bond acceptors (Lipinski definition) is 4. The molecule has 3 rings (SSSR count). The average molecular weight is 365 g/mol. The van der Waals surface area contributed by atoms with Crippen LogP contribution in [0.3, 0.4) is 0 Å². The molecule has 2 N–H and O–H groups in total. The van der Waals surface area contributed by atoms with Gasteiger partial charge in [0.1, 0.15) is 12.1 Å². The smallest absolute Gasteiger partial charge is 0.325 e. The molecular weight excluding hydrogens is 344 g/mol. The second-order valence-electron chi connectivity index (χ2n) is 6.90. The topological polar surface area (TPSA) is 81.8 Å². The number of benzene rings is 1. The number of hydrogen-bond donors (Lipinski definition) is 2. The first kappa shape index (κ1) is 17.5. The van der Waals surface area contributed by atoms with Gasteiger partial charge in [-0.2, -0.15) is 0 Å². The van der Waals surface area contributed by atoms with E-state index in [1.807, 2.05) is 19.0 Å². The van der Waals surface area contributed by atoms with E-state index in [2.05, 4.69) is 10.6 Å². The Balaban J connectivity index is 1.72. The zero-order valence-corrected chi connectivity index (χ0v) is 15.2. The average Bonchev–Trinajstić information content (AvgIpc) is 3.33. The number of anilines is 2. The Morgan fingerprint density at radius 2 is 2.08 bits per heavy atom. The molecule has 1 saturated carbocycles. The number of halogens is 1. The van der Waals surface area contributed by atoms with Crippen LogP contribution in [0.5, 0.6) is 0 Å². The molecular formula is C17H21ClN4O3. The van der Waals surface area contributed by atoms with Gasteiger partial charge in [0.15, 0.2) is 0 Å². The van der Waals surface area contributed by atoms with Crippen molar-refractivity contribution in [3.8, 4) is 0 Å². The van der Waals surface area contributed by atoms with E-state index in [-0.39, 0.29) is 18.4 Å². The van der Waals surface area contributed by atoms with Crippen LogP contribution in [0.25, 0.3) is 0 Å². The summed E-state index contributed by atoms with van der Waals surface area (Å²) in [7, 11) is 3.69. The third-order valence-electron chi connectivity index (χ3n) is 4.71. The Bertz CT molecular complexity index is 747. The molecule has 0 aromatic heterocycles. The van der Waals surface area contributed by atoms with Crippen LogP contribution in [-0.2, 0) is 9.59 Å². The molecule has 0 bridgehead atoms. The summed E-state index contributed by atoms with van der Waals surface area (Å²) in [4.78, 5) is 39.9. The number of nitrogens with one attached hydrogen (secondary N) is 2. The van der Waals surface area contributed by atoms with Crippen LogP contribution in [0.4, 0.5) is 16.2 Å². The first-order valence-corrected chi connectivity index (χ1v) is 8.51. The van der Waals surface area contributed by atoms with Crippen molar-refractivity contribution in [1.82, 2.24) is 10.2 Å². The standard InChI is InChI=1S/C17H21ClN4O3/c1-17(10-4-5-10)15(24)22(16(25)20-17)9-14(23)19-12-8-11(18)6-7-13(12)21(2)3/h6-8,10H,4-5,9H2,1-3H3,(H,19,23)(H,20,25). The van der Waals surface area contributed by atoms with Crippen molar-refractivity contribution in [2.75, 3.05) is 30.9 Å². The first-order valence-electron chi connectivity index (χ1n) is 8.13. The van der Waals surface area contributed by atoms with Gasteiger partial charge >= 0.3 is 6.03 Å². The second-order valence-corrected chi connectivity index (χ2v) is 7.34. The van der Waals surface area contributed by atoms with Gasteiger partial charge in [-0.3, -0.25) is 14.5 Å². The molecule has 1 aliphatic carbocycles. The molecule has 0 radical (unpaired) electrons. The van der Waals surface area contributed by atoms with Gasteiger partial charge < -0.3 is 15.5 Å². The summed E-state index contributed by atoms with van der Waals surface area (Å²) in [5, 5.41) is 5.95. The van der Waals surface area contributed by atoms with E-state index in [1.165, 1.54) is 0 Å². The summed E-state index contributed by atoms with van der Waals surface area (Å²) in [6.45, 7) is 1.40. The van der Waals surface area contributed by atoms with E-state index in [9.17, 15) is 14.4 Å². The molecule has 4 amide bonds. The Hall–Kier alpha value is -2.28. The van der Waals surface area contributed by atoms with Gasteiger partial charge in [-0.1, -0.05) is 11.6 Å². The first-order chi connectivity index (χ1) is 11.7. The monoisotopic (exact) mass is 364 g/mol. The lowest BCUT2D eigenvalue weighted by Gasteiger charge is -2.21. The summed E-state index contributed by atoms with van der Waals surface area (Å²) >= 11 is 6.00. The zero-order chi connectivity index (χ0) is 18.4. The lowest BCUT2D eigenvalue weighted by Crippen LogP contribution is -2.46.